The molecule has 0 saturated heterocycles. The fourth-order valence-corrected chi connectivity index (χ4v) is 3.71. The first-order valence-electron chi connectivity index (χ1n) is 7.59. The molecule has 0 spiro atoms. The topological polar surface area (TPSA) is 67.8 Å². The van der Waals surface area contributed by atoms with Crippen molar-refractivity contribution in [2.75, 3.05) is 7.05 Å². The first kappa shape index (κ1) is 19.4. The Bertz CT molecular complexity index is 1070. The molecule has 0 unspecified atom stereocenters. The Kier molecular flexibility index (Phi) is 5.00. The lowest BCUT2D eigenvalue weighted by Gasteiger charge is -2.12. The summed E-state index contributed by atoms with van der Waals surface area (Å²) in [6.07, 6.45) is -4.60. The van der Waals surface area contributed by atoms with Gasteiger partial charge in [-0.25, -0.2) is 9.67 Å². The minimum Gasteiger partial charge on any atom is -0.295 e. The molecule has 0 radical (unpaired) electrons. The van der Waals surface area contributed by atoms with Crippen LogP contribution in [-0.2, 0) is 19.3 Å². The number of aromatic nitrogens is 4. The molecule has 27 heavy (non-hydrogen) atoms. The predicted octanol–water partition coefficient (Wildman–Crippen LogP) is 3.03. The summed E-state index contributed by atoms with van der Waals surface area (Å²) in [7, 11) is 1.72. The van der Waals surface area contributed by atoms with Gasteiger partial charge >= 0.3 is 6.18 Å². The molecule has 0 N–H and O–H groups in total. The van der Waals surface area contributed by atoms with Crippen molar-refractivity contribution in [1.82, 2.24) is 24.2 Å². The molecule has 3 aromatic heterocycles. The number of fused-ring (bicyclic) bond motifs is 1. The molecule has 0 aliphatic heterocycles. The van der Waals surface area contributed by atoms with Crippen LogP contribution in [0.5, 0.6) is 0 Å². The summed E-state index contributed by atoms with van der Waals surface area (Å²) in [5.41, 5.74) is -0.446. The predicted molar refractivity (Wildman–Crippen MR) is 96.4 cm³/mol. The van der Waals surface area contributed by atoms with E-state index in [1.165, 1.54) is 21.8 Å². The molecule has 0 bridgehead atoms. The van der Waals surface area contributed by atoms with Crippen molar-refractivity contribution in [1.29, 1.82) is 0 Å². The smallest absolute Gasteiger partial charge is 0.295 e. The highest BCUT2D eigenvalue weighted by molar-refractivity contribution is 7.17. The molecule has 3 rings (SSSR count). The minimum absolute atomic E-state index is 0.152. The highest BCUT2D eigenvalue weighted by Gasteiger charge is 2.34. The zero-order valence-electron chi connectivity index (χ0n) is 14.3. The first-order chi connectivity index (χ1) is 12.6. The lowest BCUT2D eigenvalue weighted by atomic mass is 10.3. The number of rotatable bonds is 5. The van der Waals surface area contributed by atoms with Gasteiger partial charge in [0.05, 0.1) is 24.5 Å². The highest BCUT2D eigenvalue weighted by atomic mass is 35.5. The van der Waals surface area contributed by atoms with Crippen LogP contribution in [0.1, 0.15) is 22.0 Å². The average Bonchev–Trinajstić information content (AvgIpc) is 3.08. The maximum atomic E-state index is 12.8. The van der Waals surface area contributed by atoms with E-state index >= 15 is 0 Å². The monoisotopic (exact) mass is 418 g/mol. The second-order valence-electron chi connectivity index (χ2n) is 5.77. The molecule has 0 amide bonds. The lowest BCUT2D eigenvalue weighted by molar-refractivity contribution is -0.141. The third kappa shape index (κ3) is 3.83. The quantitative estimate of drug-likeness (QED) is 0.472. The Morgan fingerprint density at radius 2 is 2.11 bits per heavy atom. The van der Waals surface area contributed by atoms with Crippen LogP contribution < -0.4 is 5.56 Å². The normalized spacial score (nSPS) is 11.9. The number of halogens is 4. The lowest BCUT2D eigenvalue weighted by Crippen LogP contribution is -2.21. The summed E-state index contributed by atoms with van der Waals surface area (Å²) < 4.78 is 40.7. The summed E-state index contributed by atoms with van der Waals surface area (Å²) in [4.78, 5) is 18.3. The van der Waals surface area contributed by atoms with Gasteiger partial charge in [0.15, 0.2) is 10.7 Å². The molecule has 0 saturated carbocycles. The largest absolute Gasteiger partial charge is 0.435 e. The molecule has 3 heterocycles. The molecule has 144 valence electrons. The molecular weight excluding hydrogens is 405 g/mol. The number of thiazole rings is 1. The maximum absolute atomic E-state index is 12.8. The van der Waals surface area contributed by atoms with Crippen LogP contribution >= 0.6 is 22.9 Å². The van der Waals surface area contributed by atoms with Gasteiger partial charge in [0.25, 0.3) is 5.56 Å². The number of aryl methyl sites for hydroxylation is 1. The van der Waals surface area contributed by atoms with Crippen LogP contribution in [0.4, 0.5) is 13.2 Å². The van der Waals surface area contributed by atoms with Crippen molar-refractivity contribution >= 4 is 34.6 Å². The van der Waals surface area contributed by atoms with E-state index in [0.29, 0.717) is 11.5 Å². The van der Waals surface area contributed by atoms with E-state index in [2.05, 4.69) is 21.9 Å². The van der Waals surface area contributed by atoms with E-state index in [1.807, 2.05) is 6.92 Å². The average molecular weight is 419 g/mol. The van der Waals surface area contributed by atoms with Crippen molar-refractivity contribution < 1.29 is 13.2 Å². The van der Waals surface area contributed by atoms with Crippen molar-refractivity contribution in [3.63, 3.8) is 0 Å². The summed E-state index contributed by atoms with van der Waals surface area (Å²) in [5, 5.41) is 8.62. The zero-order valence-corrected chi connectivity index (χ0v) is 15.9. The van der Waals surface area contributed by atoms with E-state index in [1.54, 1.807) is 12.1 Å². The van der Waals surface area contributed by atoms with Gasteiger partial charge in [-0.1, -0.05) is 11.6 Å². The van der Waals surface area contributed by atoms with E-state index < -0.39 is 11.9 Å². The second-order valence-corrected chi connectivity index (χ2v) is 7.34. The summed E-state index contributed by atoms with van der Waals surface area (Å²) in [6.45, 7) is 5.51. The second kappa shape index (κ2) is 6.97. The Morgan fingerprint density at radius 1 is 1.41 bits per heavy atom. The van der Waals surface area contributed by atoms with Gasteiger partial charge in [-0.2, -0.15) is 23.4 Å². The van der Waals surface area contributed by atoms with Crippen molar-refractivity contribution in [3.05, 3.63) is 49.6 Å². The zero-order chi connectivity index (χ0) is 19.9. The highest BCUT2D eigenvalue weighted by Crippen LogP contribution is 2.30. The van der Waals surface area contributed by atoms with Crippen LogP contribution in [0, 0.1) is 6.92 Å². The first-order valence-corrected chi connectivity index (χ1v) is 8.79. The fourth-order valence-electron chi connectivity index (χ4n) is 2.50. The molecule has 7 nitrogen and oxygen atoms in total. The van der Waals surface area contributed by atoms with Gasteiger partial charge in [-0.3, -0.25) is 14.2 Å². The van der Waals surface area contributed by atoms with Crippen LogP contribution in [0.25, 0.3) is 4.96 Å². The van der Waals surface area contributed by atoms with E-state index in [9.17, 15) is 18.0 Å². The van der Waals surface area contributed by atoms with E-state index in [-0.39, 0.29) is 23.0 Å². The number of hydrogen-bond donors (Lipinski definition) is 0. The van der Waals surface area contributed by atoms with E-state index in [4.69, 9.17) is 11.6 Å². The van der Waals surface area contributed by atoms with Crippen LogP contribution in [-0.4, -0.2) is 37.9 Å². The number of hydrogen-bond acceptors (Lipinski definition) is 6. The molecule has 0 atom stereocenters. The Labute approximate surface area is 160 Å². The number of hydrazone groups is 1. The molecule has 12 heteroatoms. The Hall–Kier alpha value is -2.40. The SMILES string of the molecule is C=NN(C)Cc1c(C)sc2nc(Cn3nc(C(F)(F)F)cc3Cl)cc(=O)n12. The van der Waals surface area contributed by atoms with Gasteiger partial charge in [0.1, 0.15) is 5.15 Å². The molecule has 0 aromatic carbocycles. The summed E-state index contributed by atoms with van der Waals surface area (Å²) in [6, 6.07) is 1.99. The molecule has 0 aliphatic rings. The van der Waals surface area contributed by atoms with E-state index in [0.717, 1.165) is 21.3 Å². The molecular formula is C15H14ClF3N6OS. The fraction of sp³-hybridized carbons (Fsp3) is 0.333. The van der Waals surface area contributed by atoms with Gasteiger partial charge in [0, 0.05) is 30.8 Å². The Morgan fingerprint density at radius 3 is 2.70 bits per heavy atom. The van der Waals surface area contributed by atoms with Crippen LogP contribution in [0.15, 0.2) is 22.0 Å². The van der Waals surface area contributed by atoms with Crippen LogP contribution in [0.3, 0.4) is 0 Å². The summed E-state index contributed by atoms with van der Waals surface area (Å²) in [5.74, 6) is 0. The molecule has 0 fully saturated rings. The van der Waals surface area contributed by atoms with Gasteiger partial charge in [-0.05, 0) is 6.92 Å². The summed E-state index contributed by atoms with van der Waals surface area (Å²) >= 11 is 7.14. The Balaban J connectivity index is 2.00. The van der Waals surface area contributed by atoms with Crippen LogP contribution in [0.2, 0.25) is 5.15 Å². The van der Waals surface area contributed by atoms with Gasteiger partial charge in [-0.15, -0.1) is 11.3 Å². The number of nitrogens with zero attached hydrogens (tertiary/aromatic N) is 6. The minimum atomic E-state index is -4.60. The third-order valence-corrected chi connectivity index (χ3v) is 5.12. The van der Waals surface area contributed by atoms with Crippen molar-refractivity contribution in [3.8, 4) is 0 Å². The maximum Gasteiger partial charge on any atom is 0.435 e. The van der Waals surface area contributed by atoms with Gasteiger partial charge < -0.3 is 0 Å². The third-order valence-electron chi connectivity index (χ3n) is 3.81. The molecule has 3 aromatic rings. The van der Waals surface area contributed by atoms with Crippen molar-refractivity contribution in [2.45, 2.75) is 26.2 Å². The standard InChI is InChI=1S/C15H14ClF3N6OS/c1-8-10(7-23(3)20-2)25-13(26)4-9(21-14(25)27-8)6-24-12(16)5-11(22-24)15(17,18)19/h4-5H,2,6-7H2,1,3H3. The number of alkyl halides is 3. The molecule has 0 aliphatic carbocycles. The van der Waals surface area contributed by atoms with Gasteiger partial charge in [0.2, 0.25) is 0 Å². The van der Waals surface area contributed by atoms with Crippen molar-refractivity contribution in [2.24, 2.45) is 5.10 Å².